The van der Waals surface area contributed by atoms with Crippen LogP contribution in [-0.2, 0) is 6.42 Å². The number of nitrogens with one attached hydrogen (secondary N) is 1. The molecule has 0 aliphatic heterocycles. The topological polar surface area (TPSA) is 12.0 Å². The monoisotopic (exact) mass is 351 g/mol. The van der Waals surface area contributed by atoms with Crippen LogP contribution < -0.4 is 5.32 Å². The Hall–Kier alpha value is -0.830. The van der Waals surface area contributed by atoms with Crippen molar-refractivity contribution in [2.24, 2.45) is 0 Å². The van der Waals surface area contributed by atoms with Gasteiger partial charge in [0.2, 0.25) is 0 Å². The van der Waals surface area contributed by atoms with Crippen LogP contribution in [0.3, 0.4) is 0 Å². The van der Waals surface area contributed by atoms with Gasteiger partial charge in [-0.05, 0) is 48.7 Å². The first-order valence-corrected chi connectivity index (χ1v) is 8.01. The van der Waals surface area contributed by atoms with Gasteiger partial charge in [-0.25, -0.2) is 0 Å². The zero-order valence-electron chi connectivity index (χ0n) is 11.8. The minimum atomic E-state index is 0.229. The molecular weight excluding hydrogens is 334 g/mol. The first-order chi connectivity index (χ1) is 9.61. The van der Waals surface area contributed by atoms with Crippen molar-refractivity contribution in [3.05, 3.63) is 68.7 Å². The van der Waals surface area contributed by atoms with E-state index in [0.717, 1.165) is 28.0 Å². The maximum atomic E-state index is 6.41. The molecule has 106 valence electrons. The summed E-state index contributed by atoms with van der Waals surface area (Å²) in [5, 5.41) is 4.37. The lowest BCUT2D eigenvalue weighted by Gasteiger charge is -2.20. The second kappa shape index (κ2) is 7.26. The van der Waals surface area contributed by atoms with E-state index in [9.17, 15) is 0 Å². The van der Waals surface area contributed by atoms with Gasteiger partial charge in [-0.2, -0.15) is 0 Å². The van der Waals surface area contributed by atoms with Crippen molar-refractivity contribution in [2.45, 2.75) is 26.3 Å². The van der Waals surface area contributed by atoms with Gasteiger partial charge in [0.05, 0.1) is 0 Å². The molecule has 0 aliphatic rings. The van der Waals surface area contributed by atoms with Crippen LogP contribution in [0.25, 0.3) is 0 Å². The van der Waals surface area contributed by atoms with E-state index in [1.165, 1.54) is 11.1 Å². The summed E-state index contributed by atoms with van der Waals surface area (Å²) in [4.78, 5) is 0. The smallest absolute Gasteiger partial charge is 0.0456 e. The van der Waals surface area contributed by atoms with Gasteiger partial charge in [-0.15, -0.1) is 0 Å². The van der Waals surface area contributed by atoms with Crippen molar-refractivity contribution < 1.29 is 0 Å². The highest BCUT2D eigenvalue weighted by Crippen LogP contribution is 2.29. The fraction of sp³-hybridized carbons (Fsp3) is 0.294. The van der Waals surface area contributed by atoms with E-state index in [-0.39, 0.29) is 6.04 Å². The molecule has 1 unspecified atom stereocenters. The molecule has 0 radical (unpaired) electrons. The summed E-state index contributed by atoms with van der Waals surface area (Å²) in [6.45, 7) is 5.10. The zero-order chi connectivity index (χ0) is 14.5. The van der Waals surface area contributed by atoms with Crippen molar-refractivity contribution in [3.8, 4) is 0 Å². The molecule has 1 atom stereocenters. The standard InChI is InChI=1S/C17H19BrClN/c1-3-20-17(11-13-6-4-5-7-15(13)18)14-9-8-12(2)10-16(14)19/h4-10,17,20H,3,11H2,1-2H3. The summed E-state index contributed by atoms with van der Waals surface area (Å²) < 4.78 is 1.14. The summed E-state index contributed by atoms with van der Waals surface area (Å²) in [6.07, 6.45) is 0.915. The van der Waals surface area contributed by atoms with E-state index in [4.69, 9.17) is 11.6 Å². The largest absolute Gasteiger partial charge is 0.310 e. The number of rotatable bonds is 5. The molecule has 2 rings (SSSR count). The van der Waals surface area contributed by atoms with Gasteiger partial charge in [-0.1, -0.05) is 64.8 Å². The van der Waals surface area contributed by atoms with E-state index in [1.54, 1.807) is 0 Å². The Balaban J connectivity index is 2.29. The predicted molar refractivity (Wildman–Crippen MR) is 90.5 cm³/mol. The highest BCUT2D eigenvalue weighted by atomic mass is 79.9. The molecule has 0 amide bonds. The number of benzene rings is 2. The molecule has 1 nitrogen and oxygen atoms in total. The summed E-state index contributed by atoms with van der Waals surface area (Å²) in [6, 6.07) is 14.8. The van der Waals surface area contributed by atoms with Crippen molar-refractivity contribution in [3.63, 3.8) is 0 Å². The highest BCUT2D eigenvalue weighted by molar-refractivity contribution is 9.10. The van der Waals surface area contributed by atoms with Crippen LogP contribution in [0.4, 0.5) is 0 Å². The first kappa shape index (κ1) is 15.6. The molecule has 20 heavy (non-hydrogen) atoms. The molecule has 0 aromatic heterocycles. The number of hydrogen-bond acceptors (Lipinski definition) is 1. The van der Waals surface area contributed by atoms with Crippen LogP contribution in [0.2, 0.25) is 5.02 Å². The molecule has 3 heteroatoms. The molecule has 0 spiro atoms. The van der Waals surface area contributed by atoms with E-state index in [1.807, 2.05) is 12.1 Å². The minimum absolute atomic E-state index is 0.229. The summed E-state index contributed by atoms with van der Waals surface area (Å²) in [5.41, 5.74) is 3.64. The summed E-state index contributed by atoms with van der Waals surface area (Å²) in [7, 11) is 0. The normalized spacial score (nSPS) is 12.4. The molecule has 0 heterocycles. The van der Waals surface area contributed by atoms with Gasteiger partial charge in [0.15, 0.2) is 0 Å². The fourth-order valence-corrected chi connectivity index (χ4v) is 3.15. The molecule has 0 aliphatic carbocycles. The summed E-state index contributed by atoms with van der Waals surface area (Å²) >= 11 is 10.0. The van der Waals surface area contributed by atoms with E-state index in [2.05, 4.69) is 65.4 Å². The lowest BCUT2D eigenvalue weighted by molar-refractivity contribution is 0.549. The molecule has 1 N–H and O–H groups in total. The zero-order valence-corrected chi connectivity index (χ0v) is 14.1. The molecular formula is C17H19BrClN. The Morgan fingerprint density at radius 1 is 1.20 bits per heavy atom. The second-order valence-corrected chi connectivity index (χ2v) is 6.19. The van der Waals surface area contributed by atoms with E-state index < -0.39 is 0 Å². The van der Waals surface area contributed by atoms with Gasteiger partial charge in [-0.3, -0.25) is 0 Å². The van der Waals surface area contributed by atoms with Gasteiger partial charge >= 0.3 is 0 Å². The quantitative estimate of drug-likeness (QED) is 0.769. The minimum Gasteiger partial charge on any atom is -0.310 e. The van der Waals surface area contributed by atoms with E-state index >= 15 is 0 Å². The SMILES string of the molecule is CCNC(Cc1ccccc1Br)c1ccc(C)cc1Cl. The van der Waals surface area contributed by atoms with Gasteiger partial charge in [0.25, 0.3) is 0 Å². The van der Waals surface area contributed by atoms with Crippen molar-refractivity contribution in [2.75, 3.05) is 6.54 Å². The third-order valence-electron chi connectivity index (χ3n) is 3.36. The Labute approximate surface area is 134 Å². The van der Waals surface area contributed by atoms with Crippen LogP contribution in [0, 0.1) is 6.92 Å². The third kappa shape index (κ3) is 3.85. The van der Waals surface area contributed by atoms with Crippen molar-refractivity contribution in [1.82, 2.24) is 5.32 Å². The lowest BCUT2D eigenvalue weighted by atomic mass is 9.98. The third-order valence-corrected chi connectivity index (χ3v) is 4.46. The maximum absolute atomic E-state index is 6.41. The van der Waals surface area contributed by atoms with Gasteiger partial charge < -0.3 is 5.32 Å². The van der Waals surface area contributed by atoms with Crippen LogP contribution in [-0.4, -0.2) is 6.54 Å². The Morgan fingerprint density at radius 2 is 1.95 bits per heavy atom. The molecule has 0 saturated carbocycles. The van der Waals surface area contributed by atoms with Crippen LogP contribution in [0.1, 0.15) is 29.7 Å². The first-order valence-electron chi connectivity index (χ1n) is 6.84. The van der Waals surface area contributed by atoms with Gasteiger partial charge in [0.1, 0.15) is 0 Å². The number of aryl methyl sites for hydroxylation is 1. The number of hydrogen-bond donors (Lipinski definition) is 1. The average molecular weight is 353 g/mol. The molecule has 2 aromatic carbocycles. The average Bonchev–Trinajstić information content (AvgIpc) is 2.41. The van der Waals surface area contributed by atoms with Crippen molar-refractivity contribution in [1.29, 1.82) is 0 Å². The van der Waals surface area contributed by atoms with Gasteiger partial charge in [0, 0.05) is 15.5 Å². The Bertz CT molecular complexity index is 583. The predicted octanol–water partition coefficient (Wildman–Crippen LogP) is 5.30. The van der Waals surface area contributed by atoms with Crippen LogP contribution in [0.5, 0.6) is 0 Å². The molecule has 0 fully saturated rings. The summed E-state index contributed by atoms with van der Waals surface area (Å²) in [5.74, 6) is 0. The van der Waals surface area contributed by atoms with Crippen LogP contribution >= 0.6 is 27.5 Å². The second-order valence-electron chi connectivity index (χ2n) is 4.93. The highest BCUT2D eigenvalue weighted by Gasteiger charge is 2.15. The van der Waals surface area contributed by atoms with E-state index in [0.29, 0.717) is 0 Å². The molecule has 0 bridgehead atoms. The number of likely N-dealkylation sites (N-methyl/N-ethyl adjacent to an activating group) is 1. The van der Waals surface area contributed by atoms with Crippen LogP contribution in [0.15, 0.2) is 46.9 Å². The lowest BCUT2D eigenvalue weighted by Crippen LogP contribution is -2.23. The Morgan fingerprint density at radius 3 is 2.60 bits per heavy atom. The Kier molecular flexibility index (Phi) is 5.64. The molecule has 0 saturated heterocycles. The molecule has 2 aromatic rings. The maximum Gasteiger partial charge on any atom is 0.0456 e. The fourth-order valence-electron chi connectivity index (χ4n) is 2.34. The number of halogens is 2. The van der Waals surface area contributed by atoms with Crippen molar-refractivity contribution >= 4 is 27.5 Å².